The van der Waals surface area contributed by atoms with Crippen molar-refractivity contribution in [2.24, 2.45) is 5.92 Å². The summed E-state index contributed by atoms with van der Waals surface area (Å²) in [4.78, 5) is 6.86. The van der Waals surface area contributed by atoms with Gasteiger partial charge in [-0.3, -0.25) is 4.98 Å². The number of aryl methyl sites for hydroxylation is 1. The Bertz CT molecular complexity index is 422. The summed E-state index contributed by atoms with van der Waals surface area (Å²) in [5.74, 6) is 0.924. The molecule has 2 aliphatic rings. The minimum atomic E-state index is 0.757. The van der Waals surface area contributed by atoms with Gasteiger partial charge in [-0.2, -0.15) is 0 Å². The first kappa shape index (κ1) is 12.0. The van der Waals surface area contributed by atoms with Gasteiger partial charge in [0.05, 0.1) is 0 Å². The fourth-order valence-corrected chi connectivity index (χ4v) is 2.39. The molecule has 2 fully saturated rings. The van der Waals surface area contributed by atoms with Crippen LogP contribution in [0.3, 0.4) is 0 Å². The Labute approximate surface area is 110 Å². The maximum atomic E-state index is 4.45. The monoisotopic (exact) mass is 245 g/mol. The molecule has 0 aliphatic heterocycles. The van der Waals surface area contributed by atoms with E-state index in [-0.39, 0.29) is 0 Å². The number of rotatable bonds is 6. The largest absolute Gasteiger partial charge is 0.374 e. The van der Waals surface area contributed by atoms with Crippen molar-refractivity contribution in [2.45, 2.75) is 45.2 Å². The molecule has 1 N–H and O–H groups in total. The number of anilines is 1. The smallest absolute Gasteiger partial charge is 0.0443 e. The molecule has 0 unspecified atom stereocenters. The molecule has 0 radical (unpaired) electrons. The first-order valence-electron chi connectivity index (χ1n) is 7.12. The van der Waals surface area contributed by atoms with Crippen molar-refractivity contribution < 1.29 is 0 Å². The normalized spacial score (nSPS) is 19.0. The van der Waals surface area contributed by atoms with Crippen LogP contribution in [0.15, 0.2) is 12.3 Å². The van der Waals surface area contributed by atoms with Gasteiger partial charge in [-0.25, -0.2) is 0 Å². The zero-order chi connectivity index (χ0) is 12.5. The molecule has 0 saturated heterocycles. The maximum absolute atomic E-state index is 4.45. The molecule has 3 rings (SSSR count). The van der Waals surface area contributed by atoms with E-state index >= 15 is 0 Å². The summed E-state index contributed by atoms with van der Waals surface area (Å²) in [5.41, 5.74) is 3.82. The molecular weight excluding hydrogens is 222 g/mol. The van der Waals surface area contributed by atoms with Crippen molar-refractivity contribution in [1.29, 1.82) is 0 Å². The fraction of sp³-hybridized carbons (Fsp3) is 0.667. The molecule has 2 aliphatic carbocycles. The molecule has 18 heavy (non-hydrogen) atoms. The molecular formula is C15H23N3. The number of pyridine rings is 1. The van der Waals surface area contributed by atoms with Crippen molar-refractivity contribution in [1.82, 2.24) is 10.3 Å². The molecule has 3 nitrogen and oxygen atoms in total. The highest BCUT2D eigenvalue weighted by Gasteiger charge is 2.24. The number of nitrogens with zero attached hydrogens (tertiary/aromatic N) is 2. The van der Waals surface area contributed by atoms with Crippen LogP contribution in [-0.2, 0) is 6.54 Å². The predicted molar refractivity (Wildman–Crippen MR) is 74.8 cm³/mol. The molecule has 3 heteroatoms. The Morgan fingerprint density at radius 1 is 1.33 bits per heavy atom. The average molecular weight is 245 g/mol. The van der Waals surface area contributed by atoms with E-state index in [0.717, 1.165) is 24.2 Å². The van der Waals surface area contributed by atoms with Crippen LogP contribution in [0.1, 0.15) is 36.9 Å². The second kappa shape index (κ2) is 4.88. The standard InChI is InChI=1S/C15H23N3/c1-11-7-15(18(2)10-12-3-4-12)13(8-16-11)9-17-14-5-6-14/h7-8,12,14,17H,3-6,9-10H2,1-2H3. The topological polar surface area (TPSA) is 28.2 Å². The Kier molecular flexibility index (Phi) is 3.25. The van der Waals surface area contributed by atoms with Gasteiger partial charge in [-0.05, 0) is 44.6 Å². The molecule has 0 aromatic carbocycles. The van der Waals surface area contributed by atoms with Crippen LogP contribution in [0, 0.1) is 12.8 Å². The first-order chi connectivity index (χ1) is 8.72. The maximum Gasteiger partial charge on any atom is 0.0443 e. The summed E-state index contributed by atoms with van der Waals surface area (Å²) in [6, 6.07) is 2.99. The van der Waals surface area contributed by atoms with Crippen LogP contribution in [0.25, 0.3) is 0 Å². The van der Waals surface area contributed by atoms with Crippen molar-refractivity contribution >= 4 is 5.69 Å². The van der Waals surface area contributed by atoms with Gasteiger partial charge < -0.3 is 10.2 Å². The van der Waals surface area contributed by atoms with E-state index < -0.39 is 0 Å². The zero-order valence-corrected chi connectivity index (χ0v) is 11.4. The Morgan fingerprint density at radius 3 is 2.78 bits per heavy atom. The third-order valence-electron chi connectivity index (χ3n) is 3.90. The Balaban J connectivity index is 1.72. The second-order valence-electron chi connectivity index (χ2n) is 5.93. The van der Waals surface area contributed by atoms with Crippen molar-refractivity contribution in [3.8, 4) is 0 Å². The van der Waals surface area contributed by atoms with Crippen molar-refractivity contribution in [2.75, 3.05) is 18.5 Å². The minimum Gasteiger partial charge on any atom is -0.374 e. The summed E-state index contributed by atoms with van der Waals surface area (Å²) in [6.07, 6.45) is 7.54. The van der Waals surface area contributed by atoms with E-state index in [9.17, 15) is 0 Å². The zero-order valence-electron chi connectivity index (χ0n) is 11.4. The third-order valence-corrected chi connectivity index (χ3v) is 3.90. The van der Waals surface area contributed by atoms with E-state index in [1.54, 1.807) is 0 Å². The molecule has 0 spiro atoms. The summed E-state index contributed by atoms with van der Waals surface area (Å²) >= 11 is 0. The first-order valence-corrected chi connectivity index (χ1v) is 7.12. The van der Waals surface area contributed by atoms with Gasteiger partial charge in [-0.15, -0.1) is 0 Å². The Hall–Kier alpha value is -1.09. The summed E-state index contributed by atoms with van der Waals surface area (Å²) in [6.45, 7) is 4.23. The number of hydrogen-bond acceptors (Lipinski definition) is 3. The SMILES string of the molecule is Cc1cc(N(C)CC2CC2)c(CNC2CC2)cn1. The molecule has 0 atom stereocenters. The van der Waals surface area contributed by atoms with Gasteiger partial charge in [0.2, 0.25) is 0 Å². The number of aromatic nitrogens is 1. The molecule has 0 amide bonds. The van der Waals surface area contributed by atoms with E-state index in [1.165, 1.54) is 43.5 Å². The van der Waals surface area contributed by atoms with E-state index in [1.807, 2.05) is 6.20 Å². The highest BCUT2D eigenvalue weighted by molar-refractivity contribution is 5.53. The minimum absolute atomic E-state index is 0.757. The van der Waals surface area contributed by atoms with E-state index in [4.69, 9.17) is 0 Å². The lowest BCUT2D eigenvalue weighted by Crippen LogP contribution is -2.24. The molecule has 0 bridgehead atoms. The van der Waals surface area contributed by atoms with Crippen LogP contribution in [0.4, 0.5) is 5.69 Å². The summed E-state index contributed by atoms with van der Waals surface area (Å²) < 4.78 is 0. The molecule has 1 aromatic heterocycles. The molecule has 1 heterocycles. The van der Waals surface area contributed by atoms with Crippen molar-refractivity contribution in [3.05, 3.63) is 23.5 Å². The lowest BCUT2D eigenvalue weighted by Gasteiger charge is -2.23. The van der Waals surface area contributed by atoms with Crippen LogP contribution < -0.4 is 10.2 Å². The lowest BCUT2D eigenvalue weighted by atomic mass is 10.2. The molecule has 1 aromatic rings. The predicted octanol–water partition coefficient (Wildman–Crippen LogP) is 2.49. The van der Waals surface area contributed by atoms with Gasteiger partial charge in [0, 0.05) is 49.3 Å². The lowest BCUT2D eigenvalue weighted by molar-refractivity contribution is 0.680. The van der Waals surface area contributed by atoms with Crippen LogP contribution in [-0.4, -0.2) is 24.6 Å². The van der Waals surface area contributed by atoms with Crippen LogP contribution in [0.5, 0.6) is 0 Å². The van der Waals surface area contributed by atoms with Gasteiger partial charge in [0.15, 0.2) is 0 Å². The quantitative estimate of drug-likeness (QED) is 0.834. The van der Waals surface area contributed by atoms with E-state index in [2.05, 4.69) is 35.2 Å². The van der Waals surface area contributed by atoms with Gasteiger partial charge >= 0.3 is 0 Å². The van der Waals surface area contributed by atoms with E-state index in [0.29, 0.717) is 0 Å². The third kappa shape index (κ3) is 3.02. The van der Waals surface area contributed by atoms with Crippen molar-refractivity contribution in [3.63, 3.8) is 0 Å². The van der Waals surface area contributed by atoms with Gasteiger partial charge in [0.1, 0.15) is 0 Å². The highest BCUT2D eigenvalue weighted by atomic mass is 15.1. The number of hydrogen-bond donors (Lipinski definition) is 1. The van der Waals surface area contributed by atoms with Gasteiger partial charge in [0.25, 0.3) is 0 Å². The van der Waals surface area contributed by atoms with Crippen LogP contribution >= 0.6 is 0 Å². The number of nitrogens with one attached hydrogen (secondary N) is 1. The highest BCUT2D eigenvalue weighted by Crippen LogP contribution is 2.32. The average Bonchev–Trinajstić information content (AvgIpc) is 3.22. The molecule has 98 valence electrons. The van der Waals surface area contributed by atoms with Crippen LogP contribution in [0.2, 0.25) is 0 Å². The fourth-order valence-electron chi connectivity index (χ4n) is 2.39. The molecule has 2 saturated carbocycles. The second-order valence-corrected chi connectivity index (χ2v) is 5.93. The van der Waals surface area contributed by atoms with Gasteiger partial charge in [-0.1, -0.05) is 0 Å². The summed E-state index contributed by atoms with van der Waals surface area (Å²) in [7, 11) is 2.22. The summed E-state index contributed by atoms with van der Waals surface area (Å²) in [5, 5.41) is 3.59. The Morgan fingerprint density at radius 2 is 2.11 bits per heavy atom.